The second-order valence-electron chi connectivity index (χ2n) is 11.1. The molecule has 12 heteroatoms. The number of nitrogens with one attached hydrogen (secondary N) is 1. The maximum Gasteiger partial charge on any atom is 0.331 e. The van der Waals surface area contributed by atoms with Gasteiger partial charge in [0.1, 0.15) is 23.9 Å². The molecular formula is C33H41NO11. The Morgan fingerprint density at radius 2 is 1.24 bits per heavy atom. The van der Waals surface area contributed by atoms with E-state index >= 15 is 0 Å². The van der Waals surface area contributed by atoms with E-state index in [0.717, 1.165) is 44.3 Å². The van der Waals surface area contributed by atoms with Crippen molar-refractivity contribution in [3.63, 3.8) is 0 Å². The topological polar surface area (TPSA) is 203 Å². The van der Waals surface area contributed by atoms with Crippen molar-refractivity contribution in [1.82, 2.24) is 5.32 Å². The second kappa shape index (κ2) is 16.5. The summed E-state index contributed by atoms with van der Waals surface area (Å²) in [5.41, 5.74) is -1.42. The van der Waals surface area contributed by atoms with Crippen LogP contribution < -0.4 is 5.32 Å². The van der Waals surface area contributed by atoms with Crippen molar-refractivity contribution in [2.24, 2.45) is 0 Å². The molecule has 244 valence electrons. The third kappa shape index (κ3) is 10.5. The lowest BCUT2D eigenvalue weighted by Crippen LogP contribution is -2.60. The van der Waals surface area contributed by atoms with Gasteiger partial charge in [0, 0.05) is 31.5 Å². The molecule has 3 rings (SSSR count). The smallest absolute Gasteiger partial charge is 0.331 e. The van der Waals surface area contributed by atoms with Gasteiger partial charge in [-0.1, -0.05) is 51.2 Å². The quantitative estimate of drug-likeness (QED) is 0.0700. The van der Waals surface area contributed by atoms with Crippen molar-refractivity contribution in [2.45, 2.75) is 82.2 Å². The molecule has 7 N–H and O–H groups in total. The molecule has 2 aromatic rings. The minimum absolute atomic E-state index is 0.301. The van der Waals surface area contributed by atoms with E-state index in [-0.39, 0.29) is 11.5 Å². The summed E-state index contributed by atoms with van der Waals surface area (Å²) in [6.45, 7) is 2.42. The molecule has 0 saturated heterocycles. The molecule has 1 aliphatic rings. The second-order valence-corrected chi connectivity index (χ2v) is 11.1. The van der Waals surface area contributed by atoms with Crippen LogP contribution in [-0.4, -0.2) is 78.9 Å². The molecule has 1 aliphatic carbocycles. The summed E-state index contributed by atoms with van der Waals surface area (Å²) in [4.78, 5) is 38.4. The van der Waals surface area contributed by atoms with Crippen LogP contribution in [0.2, 0.25) is 0 Å². The van der Waals surface area contributed by atoms with Crippen molar-refractivity contribution in [2.75, 3.05) is 6.54 Å². The zero-order chi connectivity index (χ0) is 33.0. The molecule has 0 radical (unpaired) electrons. The number of carbonyl (C=O) groups excluding carboxylic acids is 3. The number of rotatable bonds is 14. The van der Waals surface area contributed by atoms with Crippen LogP contribution in [0.25, 0.3) is 12.2 Å². The number of hydrogen-bond donors (Lipinski definition) is 7. The van der Waals surface area contributed by atoms with Gasteiger partial charge in [-0.15, -0.1) is 0 Å². The number of ether oxygens (including phenoxy) is 2. The van der Waals surface area contributed by atoms with E-state index in [1.165, 1.54) is 48.6 Å². The van der Waals surface area contributed by atoms with Crippen LogP contribution in [0.3, 0.4) is 0 Å². The van der Waals surface area contributed by atoms with Crippen LogP contribution in [0.15, 0.2) is 48.6 Å². The molecule has 2 atom stereocenters. The Balaban J connectivity index is 1.72. The first-order valence-electron chi connectivity index (χ1n) is 14.9. The number of aliphatic hydroxyl groups excluding tert-OH is 1. The molecule has 1 saturated carbocycles. The summed E-state index contributed by atoms with van der Waals surface area (Å²) in [5.74, 6) is -4.12. The number of amides is 1. The van der Waals surface area contributed by atoms with E-state index < -0.39 is 66.1 Å². The molecule has 1 amide bonds. The molecule has 12 nitrogen and oxygen atoms in total. The fourth-order valence-electron chi connectivity index (χ4n) is 4.90. The Bertz CT molecular complexity index is 1300. The summed E-state index contributed by atoms with van der Waals surface area (Å²) in [6, 6.07) is 7.75. The maximum absolute atomic E-state index is 13.1. The minimum atomic E-state index is -2.14. The zero-order valence-corrected chi connectivity index (χ0v) is 25.1. The Labute approximate surface area is 261 Å². The molecule has 0 spiro atoms. The van der Waals surface area contributed by atoms with Crippen molar-refractivity contribution in [3.05, 3.63) is 59.7 Å². The van der Waals surface area contributed by atoms with Gasteiger partial charge in [-0.25, -0.2) is 9.59 Å². The highest BCUT2D eigenvalue weighted by Crippen LogP contribution is 2.34. The minimum Gasteiger partial charge on any atom is -0.504 e. The summed E-state index contributed by atoms with van der Waals surface area (Å²) in [6.07, 6.45) is 5.13. The van der Waals surface area contributed by atoms with Gasteiger partial charge in [-0.05, 0) is 54.0 Å². The Hall–Kier alpha value is -4.55. The third-order valence-corrected chi connectivity index (χ3v) is 7.44. The summed E-state index contributed by atoms with van der Waals surface area (Å²) >= 11 is 0. The molecule has 0 bridgehead atoms. The normalized spacial score (nSPS) is 21.5. The van der Waals surface area contributed by atoms with Gasteiger partial charge in [0.2, 0.25) is 0 Å². The molecule has 0 aliphatic heterocycles. The summed E-state index contributed by atoms with van der Waals surface area (Å²) in [5, 5.41) is 63.3. The first kappa shape index (κ1) is 34.9. The van der Waals surface area contributed by atoms with E-state index in [1.807, 2.05) is 0 Å². The van der Waals surface area contributed by atoms with Gasteiger partial charge in [-0.2, -0.15) is 0 Å². The van der Waals surface area contributed by atoms with Crippen LogP contribution in [0, 0.1) is 0 Å². The number of phenolic OH excluding ortho intramolecular Hbond substituents is 4. The SMILES string of the molecule is CCCCCCCCNC(=O)[C@]1(O)C[C@@H](OC(=O)/C=C/c2ccc(O)c(O)c2)[C@@H](O)[C@H](OC(=O)/C=C/c2ccc(O)c(O)c2)C1. The van der Waals surface area contributed by atoms with Crippen molar-refractivity contribution in [3.8, 4) is 23.0 Å². The lowest BCUT2D eigenvalue weighted by molar-refractivity contribution is -0.196. The third-order valence-electron chi connectivity index (χ3n) is 7.44. The Kier molecular flexibility index (Phi) is 12.8. The van der Waals surface area contributed by atoms with E-state index in [2.05, 4.69) is 12.2 Å². The van der Waals surface area contributed by atoms with Crippen LogP contribution in [0.1, 0.15) is 69.4 Å². The summed E-state index contributed by atoms with van der Waals surface area (Å²) < 4.78 is 10.8. The van der Waals surface area contributed by atoms with Crippen molar-refractivity contribution in [1.29, 1.82) is 0 Å². The number of carbonyl (C=O) groups is 3. The molecule has 0 heterocycles. The van der Waals surface area contributed by atoms with E-state index in [9.17, 15) is 45.0 Å². The molecule has 1 fully saturated rings. The fraction of sp³-hybridized carbons (Fsp3) is 0.424. The largest absolute Gasteiger partial charge is 0.504 e. The summed E-state index contributed by atoms with van der Waals surface area (Å²) in [7, 11) is 0. The highest BCUT2D eigenvalue weighted by atomic mass is 16.6. The first-order valence-corrected chi connectivity index (χ1v) is 14.9. The van der Waals surface area contributed by atoms with Gasteiger partial charge >= 0.3 is 11.9 Å². The van der Waals surface area contributed by atoms with E-state index in [1.54, 1.807) is 0 Å². The predicted molar refractivity (Wildman–Crippen MR) is 164 cm³/mol. The van der Waals surface area contributed by atoms with Gasteiger partial charge in [0.15, 0.2) is 23.0 Å². The van der Waals surface area contributed by atoms with Gasteiger partial charge < -0.3 is 45.4 Å². The standard InChI is InChI=1S/C33H41NO11/c1-2-3-4-5-6-7-16-34-32(42)33(43)19-27(44-29(39)14-10-21-8-12-23(35)25(37)17-21)31(41)28(20-33)45-30(40)15-11-22-9-13-24(36)26(38)18-22/h8-15,17-18,27-28,31,35-38,41,43H,2-7,16,19-20H2,1H3,(H,34,42)/b14-10+,15-11+/t27-,28-,31-,33+/m1/s1. The highest BCUT2D eigenvalue weighted by molar-refractivity contribution is 5.89. The number of benzene rings is 2. The molecule has 2 aromatic carbocycles. The van der Waals surface area contributed by atoms with Crippen LogP contribution in [0.4, 0.5) is 0 Å². The lowest BCUT2D eigenvalue weighted by Gasteiger charge is -2.41. The fourth-order valence-corrected chi connectivity index (χ4v) is 4.90. The van der Waals surface area contributed by atoms with Crippen molar-refractivity contribution >= 4 is 30.0 Å². The van der Waals surface area contributed by atoms with Crippen LogP contribution >= 0.6 is 0 Å². The molecule has 0 unspecified atom stereocenters. The number of phenols is 4. The van der Waals surface area contributed by atoms with Gasteiger partial charge in [0.05, 0.1) is 0 Å². The number of unbranched alkanes of at least 4 members (excludes halogenated alkanes) is 5. The van der Waals surface area contributed by atoms with Gasteiger partial charge in [-0.3, -0.25) is 4.79 Å². The number of aliphatic hydroxyl groups is 2. The average molecular weight is 628 g/mol. The number of esters is 2. The Morgan fingerprint density at radius 3 is 1.71 bits per heavy atom. The maximum atomic E-state index is 13.1. The van der Waals surface area contributed by atoms with E-state index in [0.29, 0.717) is 24.1 Å². The number of hydrogen-bond acceptors (Lipinski definition) is 11. The van der Waals surface area contributed by atoms with Crippen LogP contribution in [-0.2, 0) is 23.9 Å². The monoisotopic (exact) mass is 627 g/mol. The number of aromatic hydroxyl groups is 4. The highest BCUT2D eigenvalue weighted by Gasteiger charge is 2.52. The average Bonchev–Trinajstić information content (AvgIpc) is 3.00. The van der Waals surface area contributed by atoms with Crippen LogP contribution in [0.5, 0.6) is 23.0 Å². The Morgan fingerprint density at radius 1 is 0.778 bits per heavy atom. The van der Waals surface area contributed by atoms with Crippen molar-refractivity contribution < 1.29 is 54.5 Å². The first-order chi connectivity index (χ1) is 21.4. The predicted octanol–water partition coefficient (Wildman–Crippen LogP) is 3.42. The molecule has 0 aromatic heterocycles. The van der Waals surface area contributed by atoms with Gasteiger partial charge in [0.25, 0.3) is 5.91 Å². The lowest BCUT2D eigenvalue weighted by atomic mass is 9.78. The molecular weight excluding hydrogens is 586 g/mol. The molecule has 45 heavy (non-hydrogen) atoms. The van der Waals surface area contributed by atoms with E-state index in [4.69, 9.17) is 9.47 Å². The zero-order valence-electron chi connectivity index (χ0n) is 25.1.